The number of benzene rings is 2. The standard InChI is InChI=1S/C21H22N2O4S/c1-14-10-16(27-23-14)13-28-20-7-5-4-6-17(20)21(24)22-12-15-8-9-18(25-2)19(11-15)26-3/h4-11H,12-13H2,1-3H3,(H,22,24). The predicted octanol–water partition coefficient (Wildman–Crippen LogP) is 4.22. The van der Waals surface area contributed by atoms with E-state index in [0.717, 1.165) is 21.9 Å². The van der Waals surface area contributed by atoms with Crippen molar-refractivity contribution in [1.82, 2.24) is 10.5 Å². The van der Waals surface area contributed by atoms with Crippen LogP contribution in [-0.4, -0.2) is 25.3 Å². The lowest BCUT2D eigenvalue weighted by Crippen LogP contribution is -2.23. The van der Waals surface area contributed by atoms with Crippen LogP contribution in [0.15, 0.2) is 57.9 Å². The Kier molecular flexibility index (Phi) is 6.60. The molecule has 6 nitrogen and oxygen atoms in total. The zero-order valence-corrected chi connectivity index (χ0v) is 16.8. The fraction of sp³-hybridized carbons (Fsp3) is 0.238. The fourth-order valence-corrected chi connectivity index (χ4v) is 3.61. The highest BCUT2D eigenvalue weighted by Gasteiger charge is 2.13. The molecule has 0 unspecified atom stereocenters. The number of carbonyl (C=O) groups is 1. The third kappa shape index (κ3) is 4.86. The molecule has 1 aromatic heterocycles. The number of carbonyl (C=O) groups excluding carboxylic acids is 1. The lowest BCUT2D eigenvalue weighted by atomic mass is 10.1. The van der Waals surface area contributed by atoms with Crippen molar-refractivity contribution in [2.24, 2.45) is 0 Å². The largest absolute Gasteiger partial charge is 0.493 e. The minimum absolute atomic E-state index is 0.133. The smallest absolute Gasteiger partial charge is 0.252 e. The van der Waals surface area contributed by atoms with Gasteiger partial charge in [0.05, 0.1) is 31.2 Å². The van der Waals surface area contributed by atoms with Crippen molar-refractivity contribution >= 4 is 17.7 Å². The van der Waals surface area contributed by atoms with E-state index < -0.39 is 0 Å². The van der Waals surface area contributed by atoms with E-state index in [0.29, 0.717) is 29.4 Å². The molecule has 1 N–H and O–H groups in total. The van der Waals surface area contributed by atoms with E-state index in [1.807, 2.05) is 55.5 Å². The van der Waals surface area contributed by atoms with Crippen LogP contribution in [0.5, 0.6) is 11.5 Å². The zero-order chi connectivity index (χ0) is 19.9. The van der Waals surface area contributed by atoms with Crippen LogP contribution in [0, 0.1) is 6.92 Å². The molecule has 0 saturated carbocycles. The molecule has 3 rings (SSSR count). The van der Waals surface area contributed by atoms with E-state index in [2.05, 4.69) is 10.5 Å². The van der Waals surface area contributed by atoms with Crippen LogP contribution in [0.1, 0.15) is 27.4 Å². The van der Waals surface area contributed by atoms with Crippen molar-refractivity contribution in [2.75, 3.05) is 14.2 Å². The number of nitrogens with one attached hydrogen (secondary N) is 1. The Bertz CT molecular complexity index is 955. The average Bonchev–Trinajstić information content (AvgIpc) is 3.15. The summed E-state index contributed by atoms with van der Waals surface area (Å²) < 4.78 is 15.8. The molecular formula is C21H22N2O4S. The quantitative estimate of drug-likeness (QED) is 0.573. The van der Waals surface area contributed by atoms with Crippen LogP contribution in [0.4, 0.5) is 0 Å². The maximum atomic E-state index is 12.7. The normalized spacial score (nSPS) is 10.5. The fourth-order valence-electron chi connectivity index (χ4n) is 2.68. The minimum Gasteiger partial charge on any atom is -0.493 e. The SMILES string of the molecule is COc1ccc(CNC(=O)c2ccccc2SCc2cc(C)no2)cc1OC. The van der Waals surface area contributed by atoms with Crippen molar-refractivity contribution in [2.45, 2.75) is 24.1 Å². The van der Waals surface area contributed by atoms with Crippen molar-refractivity contribution in [1.29, 1.82) is 0 Å². The van der Waals surface area contributed by atoms with Crippen molar-refractivity contribution < 1.29 is 18.8 Å². The molecule has 3 aromatic rings. The van der Waals surface area contributed by atoms with Gasteiger partial charge < -0.3 is 19.3 Å². The predicted molar refractivity (Wildman–Crippen MR) is 108 cm³/mol. The number of methoxy groups -OCH3 is 2. The van der Waals surface area contributed by atoms with Crippen molar-refractivity contribution in [3.63, 3.8) is 0 Å². The van der Waals surface area contributed by atoms with E-state index in [9.17, 15) is 4.79 Å². The van der Waals surface area contributed by atoms with Gasteiger partial charge in [0, 0.05) is 17.5 Å². The first-order chi connectivity index (χ1) is 13.6. The number of hydrogen-bond acceptors (Lipinski definition) is 6. The maximum absolute atomic E-state index is 12.7. The molecular weight excluding hydrogens is 376 g/mol. The van der Waals surface area contributed by atoms with Crippen LogP contribution in [0.2, 0.25) is 0 Å². The second kappa shape index (κ2) is 9.32. The first-order valence-electron chi connectivity index (χ1n) is 8.74. The number of aryl methyl sites for hydroxylation is 1. The molecule has 0 fully saturated rings. The Labute approximate surface area is 168 Å². The number of aromatic nitrogens is 1. The van der Waals surface area contributed by atoms with Crippen LogP contribution in [0.25, 0.3) is 0 Å². The number of nitrogens with zero attached hydrogens (tertiary/aromatic N) is 1. The zero-order valence-electron chi connectivity index (χ0n) is 16.0. The molecule has 0 spiro atoms. The second-order valence-electron chi connectivity index (χ2n) is 6.09. The molecule has 1 amide bonds. The summed E-state index contributed by atoms with van der Waals surface area (Å²) in [6.45, 7) is 2.27. The molecule has 0 aliphatic carbocycles. The van der Waals surface area contributed by atoms with Gasteiger partial charge in [-0.1, -0.05) is 23.4 Å². The second-order valence-corrected chi connectivity index (χ2v) is 7.11. The molecule has 0 saturated heterocycles. The van der Waals surface area contributed by atoms with E-state index >= 15 is 0 Å². The summed E-state index contributed by atoms with van der Waals surface area (Å²) in [5.74, 6) is 2.55. The molecule has 28 heavy (non-hydrogen) atoms. The third-order valence-electron chi connectivity index (χ3n) is 4.08. The van der Waals surface area contributed by atoms with Gasteiger partial charge in [-0.3, -0.25) is 4.79 Å². The monoisotopic (exact) mass is 398 g/mol. The Balaban J connectivity index is 1.66. The lowest BCUT2D eigenvalue weighted by molar-refractivity contribution is 0.0948. The molecule has 2 aromatic carbocycles. The highest BCUT2D eigenvalue weighted by Crippen LogP contribution is 2.28. The van der Waals surface area contributed by atoms with Gasteiger partial charge in [-0.25, -0.2) is 0 Å². The van der Waals surface area contributed by atoms with Gasteiger partial charge in [-0.15, -0.1) is 11.8 Å². The van der Waals surface area contributed by atoms with Crippen LogP contribution in [-0.2, 0) is 12.3 Å². The van der Waals surface area contributed by atoms with Crippen LogP contribution < -0.4 is 14.8 Å². The Hall–Kier alpha value is -2.93. The van der Waals surface area contributed by atoms with E-state index in [-0.39, 0.29) is 5.91 Å². The molecule has 7 heteroatoms. The Morgan fingerprint density at radius 2 is 1.89 bits per heavy atom. The molecule has 0 aliphatic heterocycles. The van der Waals surface area contributed by atoms with Gasteiger partial charge in [0.25, 0.3) is 5.91 Å². The summed E-state index contributed by atoms with van der Waals surface area (Å²) in [6, 6.07) is 15.0. The topological polar surface area (TPSA) is 73.6 Å². The van der Waals surface area contributed by atoms with Gasteiger partial charge in [-0.05, 0) is 36.8 Å². The van der Waals surface area contributed by atoms with Gasteiger partial charge >= 0.3 is 0 Å². The number of ether oxygens (including phenoxy) is 2. The number of hydrogen-bond donors (Lipinski definition) is 1. The molecule has 146 valence electrons. The summed E-state index contributed by atoms with van der Waals surface area (Å²) in [4.78, 5) is 13.6. The van der Waals surface area contributed by atoms with E-state index in [1.54, 1.807) is 26.0 Å². The summed E-state index contributed by atoms with van der Waals surface area (Å²) in [6.07, 6.45) is 0. The summed E-state index contributed by atoms with van der Waals surface area (Å²) >= 11 is 1.54. The third-order valence-corrected chi connectivity index (χ3v) is 5.18. The Morgan fingerprint density at radius 3 is 2.61 bits per heavy atom. The molecule has 0 bridgehead atoms. The van der Waals surface area contributed by atoms with Crippen molar-refractivity contribution in [3.8, 4) is 11.5 Å². The molecule has 0 aliphatic rings. The molecule has 1 heterocycles. The summed E-state index contributed by atoms with van der Waals surface area (Å²) in [5.41, 5.74) is 2.40. The minimum atomic E-state index is -0.133. The Morgan fingerprint density at radius 1 is 1.11 bits per heavy atom. The van der Waals surface area contributed by atoms with E-state index in [1.165, 1.54) is 0 Å². The van der Waals surface area contributed by atoms with Gasteiger partial charge in [0.15, 0.2) is 11.5 Å². The maximum Gasteiger partial charge on any atom is 0.252 e. The average molecular weight is 398 g/mol. The van der Waals surface area contributed by atoms with E-state index in [4.69, 9.17) is 14.0 Å². The van der Waals surface area contributed by atoms with Gasteiger partial charge in [0.1, 0.15) is 5.76 Å². The number of amides is 1. The lowest BCUT2D eigenvalue weighted by Gasteiger charge is -2.12. The van der Waals surface area contributed by atoms with Crippen LogP contribution in [0.3, 0.4) is 0 Å². The first kappa shape index (κ1) is 19.8. The number of thioether (sulfide) groups is 1. The van der Waals surface area contributed by atoms with Gasteiger partial charge in [-0.2, -0.15) is 0 Å². The van der Waals surface area contributed by atoms with Crippen LogP contribution >= 0.6 is 11.8 Å². The van der Waals surface area contributed by atoms with Gasteiger partial charge in [0.2, 0.25) is 0 Å². The molecule has 0 atom stereocenters. The van der Waals surface area contributed by atoms with Crippen molar-refractivity contribution in [3.05, 3.63) is 71.1 Å². The highest BCUT2D eigenvalue weighted by atomic mass is 32.2. The molecule has 0 radical (unpaired) electrons. The summed E-state index contributed by atoms with van der Waals surface area (Å²) in [7, 11) is 3.18. The first-order valence-corrected chi connectivity index (χ1v) is 9.72. The number of rotatable bonds is 8. The highest BCUT2D eigenvalue weighted by molar-refractivity contribution is 7.98. The summed E-state index contributed by atoms with van der Waals surface area (Å²) in [5, 5.41) is 6.85.